The van der Waals surface area contributed by atoms with Gasteiger partial charge in [0.25, 0.3) is 0 Å². The van der Waals surface area contributed by atoms with Gasteiger partial charge in [0.05, 0.1) is 30.2 Å². The molecular formula is C13H17N3O3. The lowest BCUT2D eigenvalue weighted by Crippen LogP contribution is -2.43. The van der Waals surface area contributed by atoms with Gasteiger partial charge in [-0.05, 0) is 19.3 Å². The quantitative estimate of drug-likeness (QED) is 0.889. The number of carbonyl (C=O) groups is 2. The molecule has 2 fully saturated rings. The SMILES string of the molecule is CN1C(=O)CCC(C(=O)O)C1c1cncn1C1CC1. The van der Waals surface area contributed by atoms with Crippen molar-refractivity contribution in [1.82, 2.24) is 14.5 Å². The van der Waals surface area contributed by atoms with Crippen LogP contribution in [-0.2, 0) is 9.59 Å². The molecule has 2 unspecified atom stereocenters. The second-order valence-corrected chi connectivity index (χ2v) is 5.39. The van der Waals surface area contributed by atoms with Crippen LogP contribution in [0, 0.1) is 5.92 Å². The molecule has 1 aromatic heterocycles. The van der Waals surface area contributed by atoms with E-state index in [9.17, 15) is 14.7 Å². The number of hydrogen-bond acceptors (Lipinski definition) is 3. The Kier molecular flexibility index (Phi) is 2.80. The summed E-state index contributed by atoms with van der Waals surface area (Å²) in [6.07, 6.45) is 6.37. The fourth-order valence-electron chi connectivity index (χ4n) is 2.90. The van der Waals surface area contributed by atoms with E-state index in [0.29, 0.717) is 18.9 Å². The van der Waals surface area contributed by atoms with Crippen LogP contribution in [0.15, 0.2) is 12.5 Å². The number of hydrogen-bond donors (Lipinski definition) is 1. The largest absolute Gasteiger partial charge is 0.481 e. The summed E-state index contributed by atoms with van der Waals surface area (Å²) >= 11 is 0. The number of likely N-dealkylation sites (tertiary alicyclic amines) is 1. The molecule has 2 heterocycles. The van der Waals surface area contributed by atoms with Gasteiger partial charge in [0, 0.05) is 19.5 Å². The highest BCUT2D eigenvalue weighted by molar-refractivity contribution is 5.81. The summed E-state index contributed by atoms with van der Waals surface area (Å²) in [7, 11) is 1.69. The lowest BCUT2D eigenvalue weighted by molar-refractivity contribution is -0.151. The zero-order chi connectivity index (χ0) is 13.6. The smallest absolute Gasteiger partial charge is 0.309 e. The Morgan fingerprint density at radius 3 is 2.79 bits per heavy atom. The Morgan fingerprint density at radius 2 is 2.16 bits per heavy atom. The molecule has 1 saturated carbocycles. The number of carboxylic acids is 1. The molecule has 0 bridgehead atoms. The number of imidazole rings is 1. The average Bonchev–Trinajstić information content (AvgIpc) is 3.11. The number of carboxylic acid groups (broad SMARTS) is 1. The number of nitrogens with zero attached hydrogens (tertiary/aromatic N) is 3. The van der Waals surface area contributed by atoms with Gasteiger partial charge in [0.2, 0.25) is 5.91 Å². The van der Waals surface area contributed by atoms with E-state index in [1.54, 1.807) is 24.5 Å². The summed E-state index contributed by atoms with van der Waals surface area (Å²) in [5.41, 5.74) is 0.852. The Bertz CT molecular complexity index is 521. The van der Waals surface area contributed by atoms with Crippen LogP contribution >= 0.6 is 0 Å². The van der Waals surface area contributed by atoms with Crippen LogP contribution in [0.1, 0.15) is 43.5 Å². The van der Waals surface area contributed by atoms with Crippen molar-refractivity contribution in [3.05, 3.63) is 18.2 Å². The predicted molar refractivity (Wildman–Crippen MR) is 66.4 cm³/mol. The number of aliphatic carboxylic acids is 1. The van der Waals surface area contributed by atoms with E-state index < -0.39 is 17.9 Å². The maximum atomic E-state index is 11.9. The average molecular weight is 263 g/mol. The van der Waals surface area contributed by atoms with Gasteiger partial charge < -0.3 is 14.6 Å². The molecule has 2 aliphatic rings. The van der Waals surface area contributed by atoms with E-state index in [4.69, 9.17) is 0 Å². The minimum Gasteiger partial charge on any atom is -0.481 e. The molecule has 0 radical (unpaired) electrons. The van der Waals surface area contributed by atoms with E-state index in [1.807, 2.05) is 4.57 Å². The van der Waals surface area contributed by atoms with Crippen molar-refractivity contribution in [2.45, 2.75) is 37.8 Å². The van der Waals surface area contributed by atoms with Crippen LogP contribution in [0.3, 0.4) is 0 Å². The molecule has 6 nitrogen and oxygen atoms in total. The first-order valence-corrected chi connectivity index (χ1v) is 6.59. The molecule has 1 aliphatic carbocycles. The van der Waals surface area contributed by atoms with E-state index in [2.05, 4.69) is 4.98 Å². The first-order valence-electron chi connectivity index (χ1n) is 6.59. The second kappa shape index (κ2) is 4.36. The number of amides is 1. The van der Waals surface area contributed by atoms with Gasteiger partial charge in [-0.1, -0.05) is 0 Å². The third-order valence-electron chi connectivity index (χ3n) is 4.12. The van der Waals surface area contributed by atoms with Crippen molar-refractivity contribution in [1.29, 1.82) is 0 Å². The molecule has 0 spiro atoms. The van der Waals surface area contributed by atoms with E-state index in [1.165, 1.54) is 0 Å². The lowest BCUT2D eigenvalue weighted by Gasteiger charge is -2.37. The van der Waals surface area contributed by atoms with Crippen molar-refractivity contribution in [2.75, 3.05) is 7.05 Å². The van der Waals surface area contributed by atoms with E-state index >= 15 is 0 Å². The summed E-state index contributed by atoms with van der Waals surface area (Å²) in [5.74, 6) is -1.38. The first-order chi connectivity index (χ1) is 9.09. The number of rotatable bonds is 3. The summed E-state index contributed by atoms with van der Waals surface area (Å²) in [4.78, 5) is 29.0. The first kappa shape index (κ1) is 12.2. The lowest BCUT2D eigenvalue weighted by atomic mass is 9.87. The van der Waals surface area contributed by atoms with Gasteiger partial charge in [-0.15, -0.1) is 0 Å². The zero-order valence-electron chi connectivity index (χ0n) is 10.8. The third-order valence-corrected chi connectivity index (χ3v) is 4.12. The highest BCUT2D eigenvalue weighted by atomic mass is 16.4. The van der Waals surface area contributed by atoms with Crippen LogP contribution in [0.4, 0.5) is 0 Å². The molecule has 102 valence electrons. The van der Waals surface area contributed by atoms with E-state index in [0.717, 1.165) is 18.5 Å². The molecule has 1 aromatic rings. The van der Waals surface area contributed by atoms with Gasteiger partial charge in [-0.3, -0.25) is 9.59 Å². The summed E-state index contributed by atoms with van der Waals surface area (Å²) in [6.45, 7) is 0. The Labute approximate surface area is 111 Å². The molecule has 1 N–H and O–H groups in total. The van der Waals surface area contributed by atoms with Gasteiger partial charge in [0.1, 0.15) is 0 Å². The van der Waals surface area contributed by atoms with Crippen LogP contribution < -0.4 is 0 Å². The molecule has 3 rings (SSSR count). The molecule has 1 saturated heterocycles. The van der Waals surface area contributed by atoms with Crippen LogP contribution in [0.25, 0.3) is 0 Å². The van der Waals surface area contributed by atoms with E-state index in [-0.39, 0.29) is 5.91 Å². The van der Waals surface area contributed by atoms with Crippen molar-refractivity contribution >= 4 is 11.9 Å². The fraction of sp³-hybridized carbons (Fsp3) is 0.615. The minimum absolute atomic E-state index is 0.00560. The highest BCUT2D eigenvalue weighted by Crippen LogP contribution is 2.41. The van der Waals surface area contributed by atoms with Gasteiger partial charge in [0.15, 0.2) is 0 Å². The maximum absolute atomic E-state index is 11.9. The Hall–Kier alpha value is -1.85. The zero-order valence-corrected chi connectivity index (χ0v) is 10.8. The minimum atomic E-state index is -0.840. The number of carbonyl (C=O) groups excluding carboxylic acids is 1. The summed E-state index contributed by atoms with van der Waals surface area (Å²) in [6, 6.07) is 0.0271. The van der Waals surface area contributed by atoms with Crippen LogP contribution in [0.2, 0.25) is 0 Å². The van der Waals surface area contributed by atoms with Crippen molar-refractivity contribution in [2.24, 2.45) is 5.92 Å². The molecule has 6 heteroatoms. The molecule has 1 aliphatic heterocycles. The summed E-state index contributed by atoms with van der Waals surface area (Å²) < 4.78 is 2.04. The normalized spacial score (nSPS) is 27.6. The third kappa shape index (κ3) is 2.01. The van der Waals surface area contributed by atoms with Crippen molar-refractivity contribution in [3.63, 3.8) is 0 Å². The Balaban J connectivity index is 1.99. The van der Waals surface area contributed by atoms with Crippen LogP contribution in [-0.4, -0.2) is 38.5 Å². The van der Waals surface area contributed by atoms with Crippen molar-refractivity contribution < 1.29 is 14.7 Å². The summed E-state index contributed by atoms with van der Waals surface area (Å²) in [5, 5.41) is 9.39. The second-order valence-electron chi connectivity index (χ2n) is 5.39. The standard InChI is InChI=1S/C13H17N3O3/c1-15-11(17)5-4-9(13(18)19)12(15)10-6-14-7-16(10)8-2-3-8/h6-9,12H,2-5H2,1H3,(H,18,19). The Morgan fingerprint density at radius 1 is 1.42 bits per heavy atom. The van der Waals surface area contributed by atoms with Crippen LogP contribution in [0.5, 0.6) is 0 Å². The molecule has 2 atom stereocenters. The number of piperidine rings is 1. The molecule has 0 aromatic carbocycles. The highest BCUT2D eigenvalue weighted by Gasteiger charge is 2.41. The van der Waals surface area contributed by atoms with Crippen molar-refractivity contribution in [3.8, 4) is 0 Å². The molecular weight excluding hydrogens is 246 g/mol. The predicted octanol–water partition coefficient (Wildman–Crippen LogP) is 1.21. The molecule has 1 amide bonds. The van der Waals surface area contributed by atoms with Gasteiger partial charge in [-0.2, -0.15) is 0 Å². The molecule has 19 heavy (non-hydrogen) atoms. The van der Waals surface area contributed by atoms with Gasteiger partial charge in [-0.25, -0.2) is 4.98 Å². The number of aromatic nitrogens is 2. The fourth-order valence-corrected chi connectivity index (χ4v) is 2.90. The topological polar surface area (TPSA) is 75.4 Å². The maximum Gasteiger partial charge on any atom is 0.309 e. The van der Waals surface area contributed by atoms with Gasteiger partial charge >= 0.3 is 5.97 Å². The monoisotopic (exact) mass is 263 g/mol.